The first-order valence-electron chi connectivity index (χ1n) is 2.77. The van der Waals surface area contributed by atoms with Crippen LogP contribution in [0.3, 0.4) is 0 Å². The van der Waals surface area contributed by atoms with Gasteiger partial charge in [-0.05, 0) is 0 Å². The lowest BCUT2D eigenvalue weighted by atomic mass is 10.1. The fourth-order valence-corrected chi connectivity index (χ4v) is 0.812. The highest BCUT2D eigenvalue weighted by Crippen LogP contribution is 2.62. The molecule has 0 heterocycles. The molecule has 0 aromatic carbocycles. The van der Waals surface area contributed by atoms with Gasteiger partial charge in [-0.2, -0.15) is 5.26 Å². The fourth-order valence-electron chi connectivity index (χ4n) is 0.812. The average Bonchev–Trinajstić information content (AvgIpc) is 2.07. The molecule has 0 spiro atoms. The predicted octanol–water partition coefficient (Wildman–Crippen LogP) is 1.95. The molecule has 1 nitrogen and oxygen atoms in total. The van der Waals surface area contributed by atoms with Crippen LogP contribution in [0.15, 0.2) is 0 Å². The Balaban J connectivity index is 2.55. The molecule has 0 radical (unpaired) electrons. The molecule has 0 aromatic rings. The van der Waals surface area contributed by atoms with Gasteiger partial charge in [-0.15, -0.1) is 0 Å². The number of hydrogen-bond donors (Lipinski definition) is 0. The third-order valence-electron chi connectivity index (χ3n) is 1.84. The van der Waals surface area contributed by atoms with Crippen LogP contribution < -0.4 is 0 Å². The van der Waals surface area contributed by atoms with Gasteiger partial charge in [-0.3, -0.25) is 0 Å². The van der Waals surface area contributed by atoms with E-state index in [9.17, 15) is 8.78 Å². The van der Waals surface area contributed by atoms with Crippen LogP contribution in [0.5, 0.6) is 0 Å². The Morgan fingerprint density at radius 1 is 1.67 bits per heavy atom. The summed E-state index contributed by atoms with van der Waals surface area (Å²) in [5.41, 5.74) is -0.998. The molecule has 0 bridgehead atoms. The summed E-state index contributed by atoms with van der Waals surface area (Å²) >= 11 is 0. The van der Waals surface area contributed by atoms with Gasteiger partial charge in [0.1, 0.15) is 0 Å². The zero-order valence-electron chi connectivity index (χ0n) is 5.12. The minimum Gasteiger partial charge on any atom is -0.206 e. The van der Waals surface area contributed by atoms with Gasteiger partial charge in [-0.1, -0.05) is 6.92 Å². The minimum absolute atomic E-state index is 0.0278. The van der Waals surface area contributed by atoms with E-state index in [0.29, 0.717) is 0 Å². The topological polar surface area (TPSA) is 23.8 Å². The van der Waals surface area contributed by atoms with Crippen molar-refractivity contribution < 1.29 is 8.78 Å². The molecule has 0 N–H and O–H groups in total. The van der Waals surface area contributed by atoms with Crippen molar-refractivity contribution in [1.29, 1.82) is 5.26 Å². The van der Waals surface area contributed by atoms with Gasteiger partial charge in [0.05, 0.1) is 6.07 Å². The quantitative estimate of drug-likeness (QED) is 0.533. The van der Waals surface area contributed by atoms with Crippen molar-refractivity contribution in [2.75, 3.05) is 0 Å². The zero-order chi connectivity index (χ0) is 7.12. The second kappa shape index (κ2) is 1.44. The van der Waals surface area contributed by atoms with Crippen molar-refractivity contribution >= 4 is 0 Å². The lowest BCUT2D eigenvalue weighted by Gasteiger charge is -2.00. The van der Waals surface area contributed by atoms with Crippen molar-refractivity contribution in [2.24, 2.45) is 5.41 Å². The molecule has 1 aliphatic carbocycles. The number of nitrogens with zero attached hydrogens (tertiary/aromatic N) is 1. The largest absolute Gasteiger partial charge is 0.255 e. The van der Waals surface area contributed by atoms with Crippen molar-refractivity contribution in [1.82, 2.24) is 0 Å². The second-order valence-electron chi connectivity index (χ2n) is 2.78. The lowest BCUT2D eigenvalue weighted by molar-refractivity contribution is 0.0715. The molecular formula is C6H7F2N. The Kier molecular flexibility index (Phi) is 1.03. The zero-order valence-corrected chi connectivity index (χ0v) is 5.12. The minimum atomic E-state index is -2.57. The first-order valence-corrected chi connectivity index (χ1v) is 2.77. The standard InChI is InChI=1S/C6H7F2N/c1-5(2-3-9)4-6(5,7)8/h2,4H2,1H3/t5-/m1/s1. The van der Waals surface area contributed by atoms with Crippen LogP contribution in [-0.2, 0) is 0 Å². The smallest absolute Gasteiger partial charge is 0.206 e. The first kappa shape index (κ1) is 6.47. The van der Waals surface area contributed by atoms with Crippen molar-refractivity contribution in [3.63, 3.8) is 0 Å². The van der Waals surface area contributed by atoms with Crippen molar-refractivity contribution in [3.05, 3.63) is 0 Å². The molecular weight excluding hydrogens is 124 g/mol. The van der Waals surface area contributed by atoms with E-state index in [1.54, 1.807) is 6.07 Å². The Morgan fingerprint density at radius 3 is 2.22 bits per heavy atom. The molecule has 1 rings (SSSR count). The molecule has 0 aliphatic heterocycles. The molecule has 1 saturated carbocycles. The average molecular weight is 131 g/mol. The van der Waals surface area contributed by atoms with Crippen LogP contribution >= 0.6 is 0 Å². The highest BCUT2D eigenvalue weighted by atomic mass is 19.3. The van der Waals surface area contributed by atoms with Crippen LogP contribution in [0.1, 0.15) is 19.8 Å². The highest BCUT2D eigenvalue weighted by molar-refractivity contribution is 5.10. The van der Waals surface area contributed by atoms with E-state index in [1.165, 1.54) is 6.92 Å². The SMILES string of the molecule is C[C@@]1(CC#N)CC1(F)F. The van der Waals surface area contributed by atoms with Gasteiger partial charge < -0.3 is 0 Å². The Labute approximate surface area is 52.3 Å². The summed E-state index contributed by atoms with van der Waals surface area (Å²) < 4.78 is 24.4. The van der Waals surface area contributed by atoms with Crippen molar-refractivity contribution in [2.45, 2.75) is 25.7 Å². The maximum atomic E-state index is 12.2. The van der Waals surface area contributed by atoms with E-state index < -0.39 is 11.3 Å². The lowest BCUT2D eigenvalue weighted by Crippen LogP contribution is -2.04. The molecule has 0 saturated heterocycles. The molecule has 1 fully saturated rings. The van der Waals surface area contributed by atoms with Gasteiger partial charge in [0.2, 0.25) is 0 Å². The molecule has 9 heavy (non-hydrogen) atoms. The molecule has 3 heteroatoms. The number of hydrogen-bond acceptors (Lipinski definition) is 1. The molecule has 50 valence electrons. The Hall–Kier alpha value is -0.650. The summed E-state index contributed by atoms with van der Waals surface area (Å²) in [5, 5.41) is 8.09. The van der Waals surface area contributed by atoms with Crippen LogP contribution in [-0.4, -0.2) is 5.92 Å². The summed E-state index contributed by atoms with van der Waals surface area (Å²) in [6.07, 6.45) is -0.145. The summed E-state index contributed by atoms with van der Waals surface area (Å²) in [6.45, 7) is 1.44. The van der Waals surface area contributed by atoms with Gasteiger partial charge in [0.15, 0.2) is 0 Å². The Morgan fingerprint density at radius 2 is 2.11 bits per heavy atom. The maximum absolute atomic E-state index is 12.2. The summed E-state index contributed by atoms with van der Waals surface area (Å²) in [7, 11) is 0. The van der Waals surface area contributed by atoms with Gasteiger partial charge in [-0.25, -0.2) is 8.78 Å². The third kappa shape index (κ3) is 0.787. The van der Waals surface area contributed by atoms with Gasteiger partial charge >= 0.3 is 0 Å². The fraction of sp³-hybridized carbons (Fsp3) is 0.833. The van der Waals surface area contributed by atoms with Gasteiger partial charge in [0.25, 0.3) is 5.92 Å². The normalized spacial score (nSPS) is 37.6. The number of alkyl halides is 2. The molecule has 0 unspecified atom stereocenters. The number of nitriles is 1. The number of halogens is 2. The van der Waals surface area contributed by atoms with E-state index in [2.05, 4.69) is 0 Å². The highest BCUT2D eigenvalue weighted by Gasteiger charge is 2.67. The van der Waals surface area contributed by atoms with E-state index in [0.717, 1.165) is 0 Å². The maximum Gasteiger partial charge on any atom is 0.255 e. The van der Waals surface area contributed by atoms with E-state index in [-0.39, 0.29) is 12.8 Å². The third-order valence-corrected chi connectivity index (χ3v) is 1.84. The van der Waals surface area contributed by atoms with E-state index in [1.807, 2.05) is 0 Å². The molecule has 1 aliphatic rings. The molecule has 0 amide bonds. The second-order valence-corrected chi connectivity index (χ2v) is 2.78. The van der Waals surface area contributed by atoms with Crippen LogP contribution in [0.25, 0.3) is 0 Å². The molecule has 1 atom stereocenters. The predicted molar refractivity (Wildman–Crippen MR) is 27.9 cm³/mol. The van der Waals surface area contributed by atoms with Crippen LogP contribution in [0.4, 0.5) is 8.78 Å². The van der Waals surface area contributed by atoms with E-state index in [4.69, 9.17) is 5.26 Å². The summed E-state index contributed by atoms with van der Waals surface area (Å²) in [5.74, 6) is -2.57. The van der Waals surface area contributed by atoms with Crippen LogP contribution in [0.2, 0.25) is 0 Å². The monoisotopic (exact) mass is 131 g/mol. The van der Waals surface area contributed by atoms with Crippen molar-refractivity contribution in [3.8, 4) is 6.07 Å². The summed E-state index contributed by atoms with van der Waals surface area (Å²) in [4.78, 5) is 0. The van der Waals surface area contributed by atoms with Gasteiger partial charge in [0, 0.05) is 18.3 Å². The Bertz CT molecular complexity index is 170. The van der Waals surface area contributed by atoms with E-state index >= 15 is 0 Å². The molecule has 0 aromatic heterocycles. The number of rotatable bonds is 1. The van der Waals surface area contributed by atoms with Crippen LogP contribution in [0, 0.1) is 16.7 Å². The first-order chi connectivity index (χ1) is 4.02. The summed E-state index contributed by atoms with van der Waals surface area (Å²) in [6, 6.07) is 1.75.